The first-order chi connectivity index (χ1) is 17.6. The van der Waals surface area contributed by atoms with E-state index in [1.807, 2.05) is 28.8 Å². The van der Waals surface area contributed by atoms with Gasteiger partial charge in [-0.05, 0) is 54.8 Å². The molecule has 184 valence electrons. The molecule has 0 spiro atoms. The third-order valence-electron chi connectivity index (χ3n) is 6.66. The van der Waals surface area contributed by atoms with Crippen molar-refractivity contribution < 1.29 is 14.3 Å². The summed E-state index contributed by atoms with van der Waals surface area (Å²) in [5.74, 6) is 1.03. The van der Waals surface area contributed by atoms with Gasteiger partial charge in [0, 0.05) is 29.9 Å². The molecule has 0 atom stereocenters. The van der Waals surface area contributed by atoms with E-state index in [0.29, 0.717) is 46.0 Å². The lowest BCUT2D eigenvalue weighted by atomic mass is 10.1. The van der Waals surface area contributed by atoms with Crippen molar-refractivity contribution >= 4 is 17.1 Å². The number of pyridine rings is 1. The molecular weight excluding hydrogens is 456 g/mol. The molecule has 2 heterocycles. The minimum atomic E-state index is -0.213. The van der Waals surface area contributed by atoms with E-state index < -0.39 is 0 Å². The van der Waals surface area contributed by atoms with Crippen molar-refractivity contribution in [3.8, 4) is 22.8 Å². The second-order valence-corrected chi connectivity index (χ2v) is 8.87. The van der Waals surface area contributed by atoms with Gasteiger partial charge in [-0.15, -0.1) is 0 Å². The predicted octanol–water partition coefficient (Wildman–Crippen LogP) is 4.52. The van der Waals surface area contributed by atoms with Crippen molar-refractivity contribution in [1.82, 2.24) is 19.9 Å². The summed E-state index contributed by atoms with van der Waals surface area (Å²) < 4.78 is 12.4. The van der Waals surface area contributed by atoms with E-state index in [-0.39, 0.29) is 17.5 Å². The lowest BCUT2D eigenvalue weighted by molar-refractivity contribution is 0.0951. The van der Waals surface area contributed by atoms with Crippen molar-refractivity contribution in [3.63, 3.8) is 0 Å². The Morgan fingerprint density at radius 1 is 1.03 bits per heavy atom. The molecule has 0 radical (unpaired) electrons. The van der Waals surface area contributed by atoms with Crippen LogP contribution in [0.5, 0.6) is 11.5 Å². The molecular formula is C28H28N4O4. The summed E-state index contributed by atoms with van der Waals surface area (Å²) in [4.78, 5) is 35.4. The number of carbonyl (C=O) groups is 1. The average Bonchev–Trinajstić information content (AvgIpc) is 3.45. The van der Waals surface area contributed by atoms with E-state index in [4.69, 9.17) is 9.47 Å². The number of rotatable bonds is 7. The second kappa shape index (κ2) is 10.2. The van der Waals surface area contributed by atoms with E-state index >= 15 is 0 Å². The van der Waals surface area contributed by atoms with Crippen LogP contribution in [0.3, 0.4) is 0 Å². The normalized spacial score (nSPS) is 13.6. The van der Waals surface area contributed by atoms with Crippen LogP contribution in [0.2, 0.25) is 0 Å². The zero-order valence-electron chi connectivity index (χ0n) is 20.4. The molecule has 2 aromatic carbocycles. The molecule has 2 aromatic heterocycles. The summed E-state index contributed by atoms with van der Waals surface area (Å²) in [6, 6.07) is 16.3. The van der Waals surface area contributed by atoms with E-state index in [1.54, 1.807) is 50.7 Å². The lowest BCUT2D eigenvalue weighted by Crippen LogP contribution is -2.27. The Balaban J connectivity index is 1.38. The van der Waals surface area contributed by atoms with Crippen LogP contribution in [0.4, 0.5) is 0 Å². The summed E-state index contributed by atoms with van der Waals surface area (Å²) in [7, 11) is 3.16. The van der Waals surface area contributed by atoms with Gasteiger partial charge in [0.1, 0.15) is 11.2 Å². The van der Waals surface area contributed by atoms with Crippen LogP contribution in [-0.2, 0) is 6.54 Å². The van der Waals surface area contributed by atoms with Crippen LogP contribution < -0.4 is 20.3 Å². The highest BCUT2D eigenvalue weighted by Gasteiger charge is 2.23. The van der Waals surface area contributed by atoms with Gasteiger partial charge in [-0.3, -0.25) is 14.2 Å². The number of aromatic nitrogens is 3. The Bertz CT molecular complexity index is 1460. The summed E-state index contributed by atoms with van der Waals surface area (Å²) in [6.07, 6.45) is 5.85. The molecule has 36 heavy (non-hydrogen) atoms. The van der Waals surface area contributed by atoms with Gasteiger partial charge in [-0.2, -0.15) is 0 Å². The largest absolute Gasteiger partial charge is 0.493 e. The van der Waals surface area contributed by atoms with Crippen LogP contribution in [0, 0.1) is 0 Å². The summed E-state index contributed by atoms with van der Waals surface area (Å²) in [6.45, 7) is 0.340. The number of amides is 1. The van der Waals surface area contributed by atoms with E-state index in [9.17, 15) is 9.59 Å². The maximum Gasteiger partial charge on any atom is 0.278 e. The molecule has 1 fully saturated rings. The standard InChI is InChI=1S/C28H28N4O4/c1-35-23-14-9-18(16-24(23)36-2)17-30-27(33)20-12-10-19(11-13-20)25-28(34)32(21-6-3-4-7-21)26-22(31-25)8-5-15-29-26/h5,8-16,21H,3-4,6-7,17H2,1-2H3,(H,30,33). The molecule has 8 heteroatoms. The molecule has 0 saturated heterocycles. The Kier molecular flexibility index (Phi) is 6.66. The minimum Gasteiger partial charge on any atom is -0.493 e. The number of ether oxygens (including phenoxy) is 2. The fourth-order valence-corrected chi connectivity index (χ4v) is 4.78. The number of methoxy groups -OCH3 is 2. The van der Waals surface area contributed by atoms with Gasteiger partial charge in [0.05, 0.1) is 14.2 Å². The first-order valence-corrected chi connectivity index (χ1v) is 12.1. The van der Waals surface area contributed by atoms with Gasteiger partial charge in [-0.25, -0.2) is 9.97 Å². The molecule has 1 aliphatic rings. The topological polar surface area (TPSA) is 95.3 Å². The third kappa shape index (κ3) is 4.54. The van der Waals surface area contributed by atoms with E-state index in [1.165, 1.54) is 0 Å². The highest BCUT2D eigenvalue weighted by atomic mass is 16.5. The smallest absolute Gasteiger partial charge is 0.278 e. The van der Waals surface area contributed by atoms with Crippen LogP contribution in [0.25, 0.3) is 22.4 Å². The molecule has 5 rings (SSSR count). The van der Waals surface area contributed by atoms with Crippen LogP contribution in [0.1, 0.15) is 47.6 Å². The molecule has 0 unspecified atom stereocenters. The molecule has 1 N–H and O–H groups in total. The zero-order chi connectivity index (χ0) is 25.1. The van der Waals surface area contributed by atoms with Crippen molar-refractivity contribution in [1.29, 1.82) is 0 Å². The number of hydrogen-bond acceptors (Lipinski definition) is 6. The van der Waals surface area contributed by atoms with Crippen LogP contribution in [-0.4, -0.2) is 34.7 Å². The maximum absolute atomic E-state index is 13.5. The SMILES string of the molecule is COc1ccc(CNC(=O)c2ccc(-c3nc4cccnc4n(C4CCCC4)c3=O)cc2)cc1OC. The Labute approximate surface area is 208 Å². The Hall–Kier alpha value is -4.20. The molecule has 0 bridgehead atoms. The van der Waals surface area contributed by atoms with Gasteiger partial charge < -0.3 is 14.8 Å². The molecule has 0 aliphatic heterocycles. The van der Waals surface area contributed by atoms with E-state index in [2.05, 4.69) is 15.3 Å². The van der Waals surface area contributed by atoms with Crippen LogP contribution in [0.15, 0.2) is 65.6 Å². The van der Waals surface area contributed by atoms with Gasteiger partial charge >= 0.3 is 0 Å². The lowest BCUT2D eigenvalue weighted by Gasteiger charge is -2.17. The van der Waals surface area contributed by atoms with Crippen molar-refractivity contribution in [2.75, 3.05) is 14.2 Å². The number of fused-ring (bicyclic) bond motifs is 1. The zero-order valence-corrected chi connectivity index (χ0v) is 20.4. The fraction of sp³-hybridized carbons (Fsp3) is 0.286. The highest BCUT2D eigenvalue weighted by Crippen LogP contribution is 2.31. The quantitative estimate of drug-likeness (QED) is 0.414. The predicted molar refractivity (Wildman–Crippen MR) is 137 cm³/mol. The van der Waals surface area contributed by atoms with Gasteiger partial charge in [0.2, 0.25) is 0 Å². The van der Waals surface area contributed by atoms with Crippen LogP contribution >= 0.6 is 0 Å². The molecule has 1 amide bonds. The Morgan fingerprint density at radius 3 is 2.50 bits per heavy atom. The van der Waals surface area contributed by atoms with Gasteiger partial charge in [0.25, 0.3) is 11.5 Å². The monoisotopic (exact) mass is 484 g/mol. The number of carbonyl (C=O) groups excluding carboxylic acids is 1. The van der Waals surface area contributed by atoms with Crippen molar-refractivity contribution in [3.05, 3.63) is 82.3 Å². The van der Waals surface area contributed by atoms with Gasteiger partial charge in [0.15, 0.2) is 17.1 Å². The fourth-order valence-electron chi connectivity index (χ4n) is 4.78. The van der Waals surface area contributed by atoms with E-state index in [0.717, 1.165) is 31.2 Å². The second-order valence-electron chi connectivity index (χ2n) is 8.87. The maximum atomic E-state index is 13.5. The molecule has 8 nitrogen and oxygen atoms in total. The first kappa shape index (κ1) is 23.5. The number of nitrogens with zero attached hydrogens (tertiary/aromatic N) is 3. The van der Waals surface area contributed by atoms with Crippen molar-refractivity contribution in [2.24, 2.45) is 0 Å². The third-order valence-corrected chi connectivity index (χ3v) is 6.66. The average molecular weight is 485 g/mol. The molecule has 1 aliphatic carbocycles. The molecule has 1 saturated carbocycles. The highest BCUT2D eigenvalue weighted by molar-refractivity contribution is 5.94. The summed E-state index contributed by atoms with van der Waals surface area (Å²) in [5.41, 5.74) is 3.62. The minimum absolute atomic E-state index is 0.137. The molecule has 4 aromatic rings. The Morgan fingerprint density at radius 2 is 1.78 bits per heavy atom. The number of benzene rings is 2. The number of nitrogens with one attached hydrogen (secondary N) is 1. The summed E-state index contributed by atoms with van der Waals surface area (Å²) >= 11 is 0. The first-order valence-electron chi connectivity index (χ1n) is 12.1. The number of hydrogen-bond donors (Lipinski definition) is 1. The summed E-state index contributed by atoms with van der Waals surface area (Å²) in [5, 5.41) is 2.92. The van der Waals surface area contributed by atoms with Gasteiger partial charge in [-0.1, -0.05) is 31.0 Å². The van der Waals surface area contributed by atoms with Crippen molar-refractivity contribution in [2.45, 2.75) is 38.3 Å².